The molecule has 0 aromatic heterocycles. The van der Waals surface area contributed by atoms with Gasteiger partial charge in [-0.15, -0.1) is 0 Å². The largest absolute Gasteiger partial charge is 0.472 e. The lowest BCUT2D eigenvalue weighted by atomic mass is 9.99. The number of aliphatic hydroxyl groups is 1. The highest BCUT2D eigenvalue weighted by atomic mass is 31.2. The Balaban J connectivity index is 5.23. The van der Waals surface area contributed by atoms with Crippen molar-refractivity contribution < 1.29 is 80.2 Å². The van der Waals surface area contributed by atoms with E-state index < -0.39 is 97.5 Å². The Bertz CT molecular complexity index is 2050. The third-order valence-corrected chi connectivity index (χ3v) is 22.6. The minimum Gasteiger partial charge on any atom is -0.462 e. The van der Waals surface area contributed by atoms with E-state index in [0.717, 1.165) is 108 Å². The molecule has 3 unspecified atom stereocenters. The molecule has 6 atom stereocenters. The highest BCUT2D eigenvalue weighted by molar-refractivity contribution is 7.47. The first-order valence-electron chi connectivity index (χ1n) is 44.9. The fourth-order valence-electron chi connectivity index (χ4n) is 13.5. The van der Waals surface area contributed by atoms with Crippen LogP contribution < -0.4 is 0 Å². The zero-order chi connectivity index (χ0) is 77.9. The number of carbonyl (C=O) groups excluding carboxylic acids is 4. The van der Waals surface area contributed by atoms with Crippen LogP contribution in [0.2, 0.25) is 0 Å². The number of esters is 4. The van der Waals surface area contributed by atoms with Gasteiger partial charge in [0, 0.05) is 25.7 Å². The molecule has 0 aliphatic rings. The van der Waals surface area contributed by atoms with Gasteiger partial charge < -0.3 is 33.8 Å². The Morgan fingerprint density at radius 1 is 0.274 bits per heavy atom. The molecule has 106 heavy (non-hydrogen) atoms. The fourth-order valence-corrected chi connectivity index (χ4v) is 15.1. The van der Waals surface area contributed by atoms with E-state index in [4.69, 9.17) is 37.0 Å². The van der Waals surface area contributed by atoms with E-state index in [1.54, 1.807) is 0 Å². The van der Waals surface area contributed by atoms with Gasteiger partial charge in [0.25, 0.3) is 0 Å². The maximum Gasteiger partial charge on any atom is 0.472 e. The Morgan fingerprint density at radius 3 is 0.717 bits per heavy atom. The van der Waals surface area contributed by atoms with Gasteiger partial charge in [0.1, 0.15) is 19.3 Å². The first kappa shape index (κ1) is 104. The van der Waals surface area contributed by atoms with Crippen LogP contribution in [0.5, 0.6) is 0 Å². The Morgan fingerprint density at radius 2 is 0.481 bits per heavy atom. The van der Waals surface area contributed by atoms with E-state index >= 15 is 0 Å². The van der Waals surface area contributed by atoms with Crippen LogP contribution in [0.4, 0.5) is 0 Å². The highest BCUT2D eigenvalue weighted by Crippen LogP contribution is 2.45. The summed E-state index contributed by atoms with van der Waals surface area (Å²) >= 11 is 0. The first-order valence-corrected chi connectivity index (χ1v) is 47.9. The summed E-state index contributed by atoms with van der Waals surface area (Å²) in [6.45, 7) is 12.0. The second-order valence-electron chi connectivity index (χ2n) is 32.5. The highest BCUT2D eigenvalue weighted by Gasteiger charge is 2.31. The molecule has 3 N–H and O–H groups in total. The fraction of sp³-hybridized carbons (Fsp3) is 0.954. The first-order chi connectivity index (χ1) is 51.3. The van der Waals surface area contributed by atoms with Gasteiger partial charge in [-0.3, -0.25) is 37.3 Å². The molecule has 630 valence electrons. The minimum atomic E-state index is -4.97. The van der Waals surface area contributed by atoms with Crippen molar-refractivity contribution >= 4 is 39.5 Å². The van der Waals surface area contributed by atoms with Crippen molar-refractivity contribution in [2.75, 3.05) is 39.6 Å². The van der Waals surface area contributed by atoms with E-state index in [9.17, 15) is 43.2 Å². The summed E-state index contributed by atoms with van der Waals surface area (Å²) in [7, 11) is -9.93. The average Bonchev–Trinajstić information content (AvgIpc) is 0.902. The van der Waals surface area contributed by atoms with E-state index in [0.29, 0.717) is 25.7 Å². The second-order valence-corrected chi connectivity index (χ2v) is 35.4. The number of aliphatic hydroxyl groups excluding tert-OH is 1. The van der Waals surface area contributed by atoms with Crippen LogP contribution >= 0.6 is 15.6 Å². The molecule has 0 heterocycles. The van der Waals surface area contributed by atoms with E-state index in [2.05, 4.69) is 48.5 Å². The third kappa shape index (κ3) is 78.7. The monoisotopic (exact) mass is 1550 g/mol. The summed E-state index contributed by atoms with van der Waals surface area (Å²) in [6.07, 6.45) is 68.1. The van der Waals surface area contributed by atoms with Gasteiger partial charge >= 0.3 is 39.5 Å². The number of ether oxygens (including phenoxy) is 4. The predicted molar refractivity (Wildman–Crippen MR) is 437 cm³/mol. The van der Waals surface area contributed by atoms with E-state index in [1.807, 2.05) is 0 Å². The Kier molecular flexibility index (Phi) is 75.6. The number of carbonyl (C=O) groups is 4. The molecule has 0 amide bonds. The topological polar surface area (TPSA) is 237 Å². The van der Waals surface area contributed by atoms with Crippen LogP contribution in [0.3, 0.4) is 0 Å². The van der Waals surface area contributed by atoms with Gasteiger partial charge in [0.15, 0.2) is 12.2 Å². The van der Waals surface area contributed by atoms with E-state index in [1.165, 1.54) is 270 Å². The number of hydrogen-bond acceptors (Lipinski definition) is 15. The molecule has 0 saturated carbocycles. The Hall–Kier alpha value is -1.94. The van der Waals surface area contributed by atoms with Crippen molar-refractivity contribution in [2.24, 2.45) is 17.8 Å². The quantitative estimate of drug-likeness (QED) is 0.0222. The van der Waals surface area contributed by atoms with Gasteiger partial charge in [-0.2, -0.15) is 0 Å². The number of hydrogen-bond donors (Lipinski definition) is 3. The molecule has 0 saturated heterocycles. The van der Waals surface area contributed by atoms with Crippen molar-refractivity contribution in [1.29, 1.82) is 0 Å². The molecule has 0 radical (unpaired) electrons. The van der Waals surface area contributed by atoms with Crippen LogP contribution in [0, 0.1) is 17.8 Å². The second kappa shape index (κ2) is 77.0. The summed E-state index contributed by atoms with van der Waals surface area (Å²) in [5.41, 5.74) is 0. The standard InChI is InChI=1S/C87H170O17P2/c1-8-10-11-12-13-14-15-16-17-18-19-20-21-22-23-28-31-34-40-49-56-63-70-86(91)103-82(74-97-84(89)68-61-54-47-39-33-30-27-25-24-26-29-32-37-44-51-58-65-78(3)4)76-101-105(93,94)99-72-81(88)73-100-106(95,96)102-77-83(75-98-85(90)69-62-55-48-43-42-46-53-60-67-80(7)9-2)104-87(92)71-64-57-50-41-36-35-38-45-52-59-66-79(5)6/h78-83,88H,8-77H2,1-7H3,(H,93,94)(H,95,96)/t80?,81-,82-,83-/m1/s1. The number of phosphoric ester groups is 2. The lowest BCUT2D eigenvalue weighted by Crippen LogP contribution is -2.30. The molecule has 17 nitrogen and oxygen atoms in total. The van der Waals surface area contributed by atoms with Crippen LogP contribution in [0.1, 0.15) is 459 Å². The van der Waals surface area contributed by atoms with Crippen LogP contribution in [0.25, 0.3) is 0 Å². The van der Waals surface area contributed by atoms with Crippen molar-refractivity contribution in [2.45, 2.75) is 478 Å². The number of unbranched alkanes of at least 4 members (excludes halogenated alkanes) is 52. The maximum absolute atomic E-state index is 13.2. The summed E-state index contributed by atoms with van der Waals surface area (Å²) in [4.78, 5) is 73.3. The van der Waals surface area contributed by atoms with Gasteiger partial charge in [0.2, 0.25) is 0 Å². The zero-order valence-electron chi connectivity index (χ0n) is 69.9. The minimum absolute atomic E-state index is 0.106. The van der Waals surface area contributed by atoms with Crippen molar-refractivity contribution in [3.05, 3.63) is 0 Å². The third-order valence-electron chi connectivity index (χ3n) is 20.7. The average molecular weight is 1550 g/mol. The number of phosphoric acid groups is 2. The molecule has 0 bridgehead atoms. The van der Waals surface area contributed by atoms with Crippen LogP contribution in [0.15, 0.2) is 0 Å². The molecule has 0 rings (SSSR count). The van der Waals surface area contributed by atoms with Crippen LogP contribution in [-0.4, -0.2) is 96.7 Å². The van der Waals surface area contributed by atoms with Crippen molar-refractivity contribution in [3.8, 4) is 0 Å². The molecule has 0 fully saturated rings. The number of rotatable bonds is 85. The molecule has 0 aliphatic carbocycles. The van der Waals surface area contributed by atoms with Gasteiger partial charge in [-0.05, 0) is 43.4 Å². The molecule has 0 aliphatic heterocycles. The van der Waals surface area contributed by atoms with Crippen molar-refractivity contribution in [3.63, 3.8) is 0 Å². The zero-order valence-corrected chi connectivity index (χ0v) is 71.7. The Labute approximate surface area is 651 Å². The SMILES string of the molecule is CCCCCCCCCCCCCCCCCCCCCCCCC(=O)O[C@H](COC(=O)CCCCCCCCCCCCCCCCCCC(C)C)COP(=O)(O)OC[C@@H](O)COP(=O)(O)OC[C@@H](COC(=O)CCCCCCCCCCC(C)CC)OC(=O)CCCCCCCCCCCCC(C)C. The lowest BCUT2D eigenvalue weighted by molar-refractivity contribution is -0.161. The maximum atomic E-state index is 13.2. The lowest BCUT2D eigenvalue weighted by Gasteiger charge is -2.21. The predicted octanol–water partition coefficient (Wildman–Crippen LogP) is 26.5. The normalized spacial score (nSPS) is 14.1. The molecule has 0 aromatic rings. The molecule has 0 spiro atoms. The van der Waals surface area contributed by atoms with Crippen LogP contribution in [-0.2, 0) is 65.4 Å². The van der Waals surface area contributed by atoms with Gasteiger partial charge in [0.05, 0.1) is 26.4 Å². The summed E-state index contributed by atoms with van der Waals surface area (Å²) in [5.74, 6) is 0.237. The summed E-state index contributed by atoms with van der Waals surface area (Å²) in [6, 6.07) is 0. The molecular formula is C87H170O17P2. The van der Waals surface area contributed by atoms with Gasteiger partial charge in [-0.1, -0.05) is 408 Å². The van der Waals surface area contributed by atoms with E-state index in [-0.39, 0.29) is 25.7 Å². The molecule has 19 heteroatoms. The van der Waals surface area contributed by atoms with Crippen molar-refractivity contribution in [1.82, 2.24) is 0 Å². The smallest absolute Gasteiger partial charge is 0.462 e. The van der Waals surface area contributed by atoms with Gasteiger partial charge in [-0.25, -0.2) is 9.13 Å². The molecular weight excluding hydrogens is 1380 g/mol. The molecule has 0 aromatic carbocycles. The summed E-state index contributed by atoms with van der Waals surface area (Å²) < 4.78 is 68.9. The summed E-state index contributed by atoms with van der Waals surface area (Å²) in [5, 5.41) is 10.7.